The minimum absolute atomic E-state index is 0.143. The van der Waals surface area contributed by atoms with E-state index in [1.807, 2.05) is 6.07 Å². The van der Waals surface area contributed by atoms with Crippen molar-refractivity contribution in [2.45, 2.75) is 45.4 Å². The van der Waals surface area contributed by atoms with E-state index < -0.39 is 17.6 Å². The number of carbonyl (C=O) groups is 2. The van der Waals surface area contributed by atoms with Gasteiger partial charge in [-0.05, 0) is 32.4 Å². The fourth-order valence-corrected chi connectivity index (χ4v) is 1.48. The Hall–Kier alpha value is -1.95. The Balaban J connectivity index is 2.38. The molecule has 1 atom stereocenters. The van der Waals surface area contributed by atoms with Crippen LogP contribution in [0.4, 0.5) is 0 Å². The van der Waals surface area contributed by atoms with Gasteiger partial charge in [0.1, 0.15) is 5.60 Å². The lowest BCUT2D eigenvalue weighted by Crippen LogP contribution is -2.42. The van der Waals surface area contributed by atoms with E-state index in [4.69, 9.17) is 10.5 Å². The fraction of sp³-hybridized carbons (Fsp3) is 0.500. The van der Waals surface area contributed by atoms with Gasteiger partial charge in [-0.25, -0.2) is 0 Å². The van der Waals surface area contributed by atoms with E-state index in [-0.39, 0.29) is 12.3 Å². The number of hydrogen-bond acceptors (Lipinski definition) is 5. The molecule has 1 rings (SSSR count). The Kier molecular flexibility index (Phi) is 5.64. The highest BCUT2D eigenvalue weighted by Crippen LogP contribution is 2.09. The van der Waals surface area contributed by atoms with Gasteiger partial charge in [0.15, 0.2) is 0 Å². The number of esters is 1. The standard InChI is InChI=1S/C14H21N3O3/c1-14(2,3)20-12(18)7-11(15)13(19)17-9-10-5-4-6-16-8-10/h4-6,8,11H,7,9,15H2,1-3H3,(H,17,19)/t11-/m0/s1. The Bertz CT molecular complexity index is 454. The first-order valence-electron chi connectivity index (χ1n) is 6.42. The molecular formula is C14H21N3O3. The average molecular weight is 279 g/mol. The zero-order valence-corrected chi connectivity index (χ0v) is 12.1. The van der Waals surface area contributed by atoms with Gasteiger partial charge < -0.3 is 15.8 Å². The summed E-state index contributed by atoms with van der Waals surface area (Å²) < 4.78 is 5.11. The molecule has 0 fully saturated rings. The van der Waals surface area contributed by atoms with Crippen LogP contribution in [-0.2, 0) is 20.9 Å². The third-order valence-electron chi connectivity index (χ3n) is 2.33. The van der Waals surface area contributed by atoms with Crippen molar-refractivity contribution in [3.63, 3.8) is 0 Å². The molecule has 20 heavy (non-hydrogen) atoms. The van der Waals surface area contributed by atoms with Crippen molar-refractivity contribution in [1.82, 2.24) is 10.3 Å². The number of rotatable bonds is 5. The number of carbonyl (C=O) groups excluding carboxylic acids is 2. The number of nitrogens with two attached hydrogens (primary N) is 1. The normalized spacial score (nSPS) is 12.6. The monoisotopic (exact) mass is 279 g/mol. The second kappa shape index (κ2) is 7.00. The van der Waals surface area contributed by atoms with Gasteiger partial charge in [0, 0.05) is 18.9 Å². The van der Waals surface area contributed by atoms with E-state index in [1.165, 1.54) is 0 Å². The molecule has 0 aliphatic carbocycles. The van der Waals surface area contributed by atoms with Gasteiger partial charge in [-0.3, -0.25) is 14.6 Å². The minimum Gasteiger partial charge on any atom is -0.460 e. The summed E-state index contributed by atoms with van der Waals surface area (Å²) in [5.74, 6) is -0.874. The largest absolute Gasteiger partial charge is 0.460 e. The molecule has 1 aromatic rings. The van der Waals surface area contributed by atoms with E-state index in [0.717, 1.165) is 5.56 Å². The SMILES string of the molecule is CC(C)(C)OC(=O)C[C@H](N)C(=O)NCc1cccnc1. The number of nitrogens with one attached hydrogen (secondary N) is 1. The third kappa shape index (κ3) is 6.29. The summed E-state index contributed by atoms with van der Waals surface area (Å²) in [5.41, 5.74) is 5.96. The molecule has 0 aliphatic rings. The second-order valence-corrected chi connectivity index (χ2v) is 5.48. The number of amides is 1. The zero-order chi connectivity index (χ0) is 15.2. The molecular weight excluding hydrogens is 258 g/mol. The first kappa shape index (κ1) is 16.1. The van der Waals surface area contributed by atoms with Crippen molar-refractivity contribution >= 4 is 11.9 Å². The first-order valence-corrected chi connectivity index (χ1v) is 6.42. The van der Waals surface area contributed by atoms with E-state index >= 15 is 0 Å². The van der Waals surface area contributed by atoms with Gasteiger partial charge in [0.05, 0.1) is 12.5 Å². The van der Waals surface area contributed by atoms with Gasteiger partial charge >= 0.3 is 5.97 Å². The van der Waals surface area contributed by atoms with Crippen molar-refractivity contribution in [3.05, 3.63) is 30.1 Å². The summed E-state index contributed by atoms with van der Waals surface area (Å²) in [7, 11) is 0. The molecule has 0 saturated carbocycles. The van der Waals surface area contributed by atoms with Crippen LogP contribution in [0, 0.1) is 0 Å². The number of ether oxygens (including phenoxy) is 1. The van der Waals surface area contributed by atoms with Crippen LogP contribution in [0.25, 0.3) is 0 Å². The number of aromatic nitrogens is 1. The lowest BCUT2D eigenvalue weighted by atomic mass is 10.1. The van der Waals surface area contributed by atoms with E-state index in [2.05, 4.69) is 10.3 Å². The van der Waals surface area contributed by atoms with Crippen molar-refractivity contribution in [1.29, 1.82) is 0 Å². The van der Waals surface area contributed by atoms with Crippen molar-refractivity contribution in [2.75, 3.05) is 0 Å². The van der Waals surface area contributed by atoms with Crippen LogP contribution < -0.4 is 11.1 Å². The maximum atomic E-state index is 11.8. The Labute approximate surface area is 118 Å². The van der Waals surface area contributed by atoms with Crippen LogP contribution in [0.5, 0.6) is 0 Å². The van der Waals surface area contributed by atoms with Gasteiger partial charge in [-0.1, -0.05) is 6.07 Å². The molecule has 1 amide bonds. The summed E-state index contributed by atoms with van der Waals surface area (Å²) in [6.07, 6.45) is 3.16. The topological polar surface area (TPSA) is 94.3 Å². The van der Waals surface area contributed by atoms with E-state index in [0.29, 0.717) is 6.54 Å². The van der Waals surface area contributed by atoms with Crippen LogP contribution >= 0.6 is 0 Å². The molecule has 0 bridgehead atoms. The predicted octanol–water partition coefficient (Wildman–Crippen LogP) is 0.757. The van der Waals surface area contributed by atoms with Crippen molar-refractivity contribution < 1.29 is 14.3 Å². The molecule has 1 heterocycles. The van der Waals surface area contributed by atoms with Crippen LogP contribution in [0.1, 0.15) is 32.8 Å². The molecule has 0 spiro atoms. The Morgan fingerprint density at radius 2 is 2.15 bits per heavy atom. The summed E-state index contributed by atoms with van der Waals surface area (Å²) in [4.78, 5) is 27.2. The van der Waals surface area contributed by atoms with Gasteiger partial charge in [-0.2, -0.15) is 0 Å². The highest BCUT2D eigenvalue weighted by atomic mass is 16.6. The molecule has 3 N–H and O–H groups in total. The Morgan fingerprint density at radius 1 is 1.45 bits per heavy atom. The number of nitrogens with zero attached hydrogens (tertiary/aromatic N) is 1. The highest BCUT2D eigenvalue weighted by Gasteiger charge is 2.22. The molecule has 0 radical (unpaired) electrons. The maximum Gasteiger partial charge on any atom is 0.308 e. The van der Waals surface area contributed by atoms with Crippen molar-refractivity contribution in [3.8, 4) is 0 Å². The molecule has 0 saturated heterocycles. The van der Waals surface area contributed by atoms with Crippen LogP contribution in [0.15, 0.2) is 24.5 Å². The van der Waals surface area contributed by atoms with E-state index in [1.54, 1.807) is 39.2 Å². The number of hydrogen-bond donors (Lipinski definition) is 2. The minimum atomic E-state index is -0.915. The summed E-state index contributed by atoms with van der Waals surface area (Å²) in [5, 5.41) is 2.66. The predicted molar refractivity (Wildman–Crippen MR) is 74.5 cm³/mol. The smallest absolute Gasteiger partial charge is 0.308 e. The molecule has 0 aliphatic heterocycles. The quantitative estimate of drug-likeness (QED) is 0.776. The van der Waals surface area contributed by atoms with Gasteiger partial charge in [0.2, 0.25) is 5.91 Å². The zero-order valence-electron chi connectivity index (χ0n) is 12.1. The molecule has 110 valence electrons. The average Bonchev–Trinajstić information content (AvgIpc) is 2.34. The van der Waals surface area contributed by atoms with Gasteiger partial charge in [0.25, 0.3) is 0 Å². The van der Waals surface area contributed by atoms with Gasteiger partial charge in [-0.15, -0.1) is 0 Å². The lowest BCUT2D eigenvalue weighted by Gasteiger charge is -2.20. The van der Waals surface area contributed by atoms with E-state index in [9.17, 15) is 9.59 Å². The molecule has 6 heteroatoms. The molecule has 1 aromatic heterocycles. The first-order chi connectivity index (χ1) is 9.28. The number of pyridine rings is 1. The summed E-state index contributed by atoms with van der Waals surface area (Å²) in [6, 6.07) is 2.70. The van der Waals surface area contributed by atoms with Crippen LogP contribution in [0.3, 0.4) is 0 Å². The lowest BCUT2D eigenvalue weighted by molar-refractivity contribution is -0.156. The van der Waals surface area contributed by atoms with Crippen LogP contribution in [0.2, 0.25) is 0 Å². The third-order valence-corrected chi connectivity index (χ3v) is 2.33. The summed E-state index contributed by atoms with van der Waals surface area (Å²) in [6.45, 7) is 5.62. The molecule has 0 aromatic carbocycles. The highest BCUT2D eigenvalue weighted by molar-refractivity contribution is 5.86. The van der Waals surface area contributed by atoms with Crippen molar-refractivity contribution in [2.24, 2.45) is 5.73 Å². The molecule has 6 nitrogen and oxygen atoms in total. The maximum absolute atomic E-state index is 11.8. The molecule has 0 unspecified atom stereocenters. The Morgan fingerprint density at radius 3 is 2.70 bits per heavy atom. The second-order valence-electron chi connectivity index (χ2n) is 5.48. The summed E-state index contributed by atoms with van der Waals surface area (Å²) >= 11 is 0. The van der Waals surface area contributed by atoms with Crippen LogP contribution in [-0.4, -0.2) is 28.5 Å². The fourth-order valence-electron chi connectivity index (χ4n) is 1.48.